The van der Waals surface area contributed by atoms with E-state index in [9.17, 15) is 9.90 Å². The van der Waals surface area contributed by atoms with Gasteiger partial charge in [-0.15, -0.1) is 0 Å². The highest BCUT2D eigenvalue weighted by atomic mass is 16.5. The smallest absolute Gasteiger partial charge is 0.287 e. The average Bonchev–Trinajstić information content (AvgIpc) is 3.22. The molecule has 3 rings (SSSR count). The monoisotopic (exact) mass is 344 g/mol. The van der Waals surface area contributed by atoms with E-state index in [4.69, 9.17) is 9.15 Å². The number of carbonyl (C=O) groups excluding carboxylic acids is 1. The number of rotatable bonds is 6. The normalized spacial score (nSPS) is 17.6. The quantitative estimate of drug-likeness (QED) is 0.842. The van der Waals surface area contributed by atoms with E-state index in [0.29, 0.717) is 24.0 Å². The summed E-state index contributed by atoms with van der Waals surface area (Å²) < 4.78 is 10.3. The molecule has 1 aromatic carbocycles. The molecule has 0 aliphatic carbocycles. The number of methoxy groups -OCH3 is 1. The molecule has 6 heteroatoms. The zero-order valence-corrected chi connectivity index (χ0v) is 14.6. The molecule has 0 unspecified atom stereocenters. The number of aryl methyl sites for hydroxylation is 1. The van der Waals surface area contributed by atoms with Crippen molar-refractivity contribution in [3.05, 3.63) is 47.4 Å². The van der Waals surface area contributed by atoms with E-state index in [1.54, 1.807) is 18.2 Å². The zero-order valence-electron chi connectivity index (χ0n) is 14.6. The zero-order chi connectivity index (χ0) is 17.8. The van der Waals surface area contributed by atoms with Crippen molar-refractivity contribution in [3.8, 4) is 11.5 Å². The molecule has 0 bridgehead atoms. The largest absolute Gasteiger partial charge is 0.504 e. The number of nitrogens with zero attached hydrogens (tertiary/aromatic N) is 1. The van der Waals surface area contributed by atoms with Crippen LogP contribution in [0.25, 0.3) is 0 Å². The van der Waals surface area contributed by atoms with Crippen LogP contribution >= 0.6 is 0 Å². The fourth-order valence-electron chi connectivity index (χ4n) is 3.24. The highest BCUT2D eigenvalue weighted by molar-refractivity contribution is 5.92. The van der Waals surface area contributed by atoms with Crippen molar-refractivity contribution >= 4 is 5.91 Å². The maximum Gasteiger partial charge on any atom is 0.287 e. The van der Waals surface area contributed by atoms with Gasteiger partial charge < -0.3 is 19.6 Å². The Kier molecular flexibility index (Phi) is 5.28. The number of hydrogen-bond donors (Lipinski definition) is 2. The van der Waals surface area contributed by atoms with Gasteiger partial charge in [0.15, 0.2) is 17.3 Å². The Morgan fingerprint density at radius 2 is 2.28 bits per heavy atom. The number of phenolic OH excluding ortho intramolecular Hbond substituents is 1. The van der Waals surface area contributed by atoms with Crippen molar-refractivity contribution in [1.82, 2.24) is 10.2 Å². The van der Waals surface area contributed by atoms with E-state index < -0.39 is 0 Å². The molecule has 1 saturated heterocycles. The number of hydrogen-bond acceptors (Lipinski definition) is 5. The van der Waals surface area contributed by atoms with E-state index in [-0.39, 0.29) is 11.7 Å². The predicted molar refractivity (Wildman–Crippen MR) is 93.8 cm³/mol. The molecule has 1 fully saturated rings. The van der Waals surface area contributed by atoms with Crippen LogP contribution < -0.4 is 10.1 Å². The fourth-order valence-corrected chi connectivity index (χ4v) is 3.24. The first-order valence-electron chi connectivity index (χ1n) is 8.47. The standard InChI is InChI=1S/C19H24N2O4/c1-13-6-8-25-18(13)19(23)20-10-15-5-7-21(12-15)11-14-3-4-17(24-2)16(22)9-14/h3-4,6,8-9,15,22H,5,7,10-12H2,1-2H3,(H,20,23)/t15-/m1/s1. The van der Waals surface area contributed by atoms with Crippen LogP contribution in [0.15, 0.2) is 34.9 Å². The van der Waals surface area contributed by atoms with Crippen LogP contribution in [0, 0.1) is 12.8 Å². The third-order valence-electron chi connectivity index (χ3n) is 4.64. The fraction of sp³-hybridized carbons (Fsp3) is 0.421. The summed E-state index contributed by atoms with van der Waals surface area (Å²) >= 11 is 0. The average molecular weight is 344 g/mol. The maximum absolute atomic E-state index is 12.1. The summed E-state index contributed by atoms with van der Waals surface area (Å²) in [5.41, 5.74) is 1.90. The molecular weight excluding hydrogens is 320 g/mol. The van der Waals surface area contributed by atoms with Gasteiger partial charge in [-0.05, 0) is 49.6 Å². The molecule has 134 valence electrons. The summed E-state index contributed by atoms with van der Waals surface area (Å²) in [6.07, 6.45) is 2.57. The molecule has 2 heterocycles. The predicted octanol–water partition coefficient (Wildman–Crippen LogP) is 2.55. The van der Waals surface area contributed by atoms with E-state index in [2.05, 4.69) is 10.2 Å². The van der Waals surface area contributed by atoms with Gasteiger partial charge in [0.1, 0.15) is 0 Å². The van der Waals surface area contributed by atoms with Crippen molar-refractivity contribution < 1.29 is 19.1 Å². The second-order valence-electron chi connectivity index (χ2n) is 6.54. The summed E-state index contributed by atoms with van der Waals surface area (Å²) in [7, 11) is 1.54. The first-order valence-corrected chi connectivity index (χ1v) is 8.47. The Balaban J connectivity index is 1.48. The Hall–Kier alpha value is -2.47. The van der Waals surface area contributed by atoms with E-state index in [1.807, 2.05) is 13.0 Å². The van der Waals surface area contributed by atoms with E-state index in [1.165, 1.54) is 13.4 Å². The van der Waals surface area contributed by atoms with Crippen molar-refractivity contribution in [2.75, 3.05) is 26.7 Å². The van der Waals surface area contributed by atoms with Gasteiger partial charge in [0.25, 0.3) is 5.91 Å². The topological polar surface area (TPSA) is 74.9 Å². The SMILES string of the molecule is COc1ccc(CN2CC[C@H](CNC(=O)c3occc3C)C2)cc1O. The van der Waals surface area contributed by atoms with Gasteiger partial charge in [-0.25, -0.2) is 0 Å². The molecule has 1 aliphatic heterocycles. The lowest BCUT2D eigenvalue weighted by Crippen LogP contribution is -2.31. The van der Waals surface area contributed by atoms with E-state index >= 15 is 0 Å². The molecule has 0 radical (unpaired) electrons. The summed E-state index contributed by atoms with van der Waals surface area (Å²) in [6, 6.07) is 7.28. The molecule has 1 aromatic heterocycles. The third-order valence-corrected chi connectivity index (χ3v) is 4.64. The molecule has 6 nitrogen and oxygen atoms in total. The number of phenols is 1. The molecular formula is C19H24N2O4. The van der Waals surface area contributed by atoms with Gasteiger partial charge in [-0.3, -0.25) is 9.69 Å². The number of furan rings is 1. The number of aromatic hydroxyl groups is 1. The number of amides is 1. The van der Waals surface area contributed by atoms with Crippen LogP contribution in [0.4, 0.5) is 0 Å². The molecule has 0 saturated carbocycles. The minimum absolute atomic E-state index is 0.152. The first kappa shape index (κ1) is 17.4. The minimum Gasteiger partial charge on any atom is -0.504 e. The van der Waals surface area contributed by atoms with E-state index in [0.717, 1.165) is 37.2 Å². The minimum atomic E-state index is -0.152. The van der Waals surface area contributed by atoms with Gasteiger partial charge in [-0.1, -0.05) is 6.07 Å². The van der Waals surface area contributed by atoms with Gasteiger partial charge in [-0.2, -0.15) is 0 Å². The van der Waals surface area contributed by atoms with Gasteiger partial charge >= 0.3 is 0 Å². The van der Waals surface area contributed by atoms with Crippen molar-refractivity contribution in [3.63, 3.8) is 0 Å². The van der Waals surface area contributed by atoms with Crippen LogP contribution in [-0.4, -0.2) is 42.7 Å². The summed E-state index contributed by atoms with van der Waals surface area (Å²) in [4.78, 5) is 14.4. The highest BCUT2D eigenvalue weighted by Crippen LogP contribution is 2.27. The van der Waals surface area contributed by atoms with Crippen LogP contribution in [-0.2, 0) is 6.54 Å². The van der Waals surface area contributed by atoms with Crippen LogP contribution in [0.1, 0.15) is 28.1 Å². The second kappa shape index (κ2) is 7.61. The Bertz CT molecular complexity index is 741. The number of ether oxygens (including phenoxy) is 1. The number of nitrogens with one attached hydrogen (secondary N) is 1. The second-order valence-corrected chi connectivity index (χ2v) is 6.54. The summed E-state index contributed by atoms with van der Waals surface area (Å²) in [5.74, 6) is 1.31. The first-order chi connectivity index (χ1) is 12.1. The number of carbonyl (C=O) groups is 1. The summed E-state index contributed by atoms with van der Waals surface area (Å²) in [5, 5.41) is 12.8. The molecule has 1 atom stereocenters. The Morgan fingerprint density at radius 3 is 2.96 bits per heavy atom. The molecule has 25 heavy (non-hydrogen) atoms. The van der Waals surface area contributed by atoms with Gasteiger partial charge in [0.2, 0.25) is 0 Å². The Morgan fingerprint density at radius 1 is 1.44 bits per heavy atom. The summed E-state index contributed by atoms with van der Waals surface area (Å²) in [6.45, 7) is 5.18. The van der Waals surface area contributed by atoms with Crippen molar-refractivity contribution in [2.45, 2.75) is 19.9 Å². The number of benzene rings is 1. The van der Waals surface area contributed by atoms with Crippen LogP contribution in [0.5, 0.6) is 11.5 Å². The lowest BCUT2D eigenvalue weighted by Gasteiger charge is -2.17. The van der Waals surface area contributed by atoms with Crippen molar-refractivity contribution in [1.29, 1.82) is 0 Å². The maximum atomic E-state index is 12.1. The number of likely N-dealkylation sites (tertiary alicyclic amines) is 1. The van der Waals surface area contributed by atoms with Gasteiger partial charge in [0, 0.05) is 25.2 Å². The Labute approximate surface area is 147 Å². The van der Waals surface area contributed by atoms with Crippen molar-refractivity contribution in [2.24, 2.45) is 5.92 Å². The van der Waals surface area contributed by atoms with Crippen LogP contribution in [0.3, 0.4) is 0 Å². The molecule has 1 amide bonds. The molecule has 2 aromatic rings. The molecule has 1 aliphatic rings. The lowest BCUT2D eigenvalue weighted by atomic mass is 10.1. The third kappa shape index (κ3) is 4.14. The molecule has 0 spiro atoms. The van der Waals surface area contributed by atoms with Crippen LogP contribution in [0.2, 0.25) is 0 Å². The lowest BCUT2D eigenvalue weighted by molar-refractivity contribution is 0.0918. The highest BCUT2D eigenvalue weighted by Gasteiger charge is 2.24. The van der Waals surface area contributed by atoms with Gasteiger partial charge in [0.05, 0.1) is 13.4 Å². The molecule has 2 N–H and O–H groups in total.